The van der Waals surface area contributed by atoms with Crippen molar-refractivity contribution in [3.63, 3.8) is 0 Å². The molecule has 20 heavy (non-hydrogen) atoms. The molecule has 5 nitrogen and oxygen atoms in total. The molecule has 0 bridgehead atoms. The zero-order valence-corrected chi connectivity index (χ0v) is 11.8. The summed E-state index contributed by atoms with van der Waals surface area (Å²) in [5.74, 6) is -0.798. The molecular weight excluding hydrogens is 258 g/mol. The van der Waals surface area contributed by atoms with E-state index >= 15 is 0 Å². The zero-order valence-electron chi connectivity index (χ0n) is 11.8. The van der Waals surface area contributed by atoms with E-state index in [9.17, 15) is 14.7 Å². The summed E-state index contributed by atoms with van der Waals surface area (Å²) >= 11 is 0. The number of esters is 1. The first-order valence-corrected chi connectivity index (χ1v) is 6.25. The molecule has 1 aromatic rings. The van der Waals surface area contributed by atoms with Gasteiger partial charge in [-0.25, -0.2) is 4.79 Å². The summed E-state index contributed by atoms with van der Waals surface area (Å²) in [6.07, 6.45) is 2.23. The molecule has 0 spiro atoms. The van der Waals surface area contributed by atoms with E-state index in [2.05, 4.69) is 10.1 Å². The minimum Gasteiger partial charge on any atom is -0.508 e. The van der Waals surface area contributed by atoms with Crippen LogP contribution in [-0.2, 0) is 9.53 Å². The van der Waals surface area contributed by atoms with Crippen molar-refractivity contribution in [1.29, 1.82) is 0 Å². The molecule has 0 aliphatic rings. The van der Waals surface area contributed by atoms with Crippen molar-refractivity contribution in [3.8, 4) is 5.75 Å². The highest BCUT2D eigenvalue weighted by Crippen LogP contribution is 2.10. The van der Waals surface area contributed by atoms with Crippen molar-refractivity contribution in [1.82, 2.24) is 5.32 Å². The van der Waals surface area contributed by atoms with Crippen LogP contribution < -0.4 is 5.32 Å². The number of hydrogen-bond donors (Lipinski definition) is 2. The zero-order chi connectivity index (χ0) is 15.1. The Morgan fingerprint density at radius 2 is 1.90 bits per heavy atom. The van der Waals surface area contributed by atoms with Gasteiger partial charge >= 0.3 is 5.97 Å². The van der Waals surface area contributed by atoms with Crippen LogP contribution in [0.1, 0.15) is 30.6 Å². The van der Waals surface area contributed by atoms with Crippen molar-refractivity contribution in [3.05, 3.63) is 41.5 Å². The summed E-state index contributed by atoms with van der Waals surface area (Å²) in [5, 5.41) is 11.8. The first-order chi connectivity index (χ1) is 9.43. The molecule has 0 fully saturated rings. The number of nitrogens with one attached hydrogen (secondary N) is 1. The summed E-state index contributed by atoms with van der Waals surface area (Å²) in [7, 11) is 1.28. The SMILES string of the molecule is COC(=O)[C@@H](CC=C(C)C)NC(=O)c1ccc(O)cc1. The Hall–Kier alpha value is -2.30. The Labute approximate surface area is 118 Å². The van der Waals surface area contributed by atoms with E-state index in [1.165, 1.54) is 31.4 Å². The third-order valence-corrected chi connectivity index (χ3v) is 2.68. The molecule has 0 aromatic heterocycles. The van der Waals surface area contributed by atoms with E-state index in [-0.39, 0.29) is 11.7 Å². The van der Waals surface area contributed by atoms with E-state index < -0.39 is 12.0 Å². The van der Waals surface area contributed by atoms with Gasteiger partial charge in [0.05, 0.1) is 7.11 Å². The first-order valence-electron chi connectivity index (χ1n) is 6.25. The second kappa shape index (κ2) is 7.33. The summed E-state index contributed by atoms with van der Waals surface area (Å²) in [6, 6.07) is 5.08. The molecule has 2 N–H and O–H groups in total. The Bertz CT molecular complexity index is 501. The number of phenolic OH excluding ortho intramolecular Hbond substituents is 1. The summed E-state index contributed by atoms with van der Waals surface area (Å²) in [4.78, 5) is 23.6. The van der Waals surface area contributed by atoms with Crippen molar-refractivity contribution in [2.75, 3.05) is 7.11 Å². The fourth-order valence-electron chi connectivity index (χ4n) is 1.56. The number of benzene rings is 1. The number of allylic oxidation sites excluding steroid dienone is 1. The Balaban J connectivity index is 2.78. The van der Waals surface area contributed by atoms with Crippen LogP contribution in [0.2, 0.25) is 0 Å². The largest absolute Gasteiger partial charge is 0.508 e. The quantitative estimate of drug-likeness (QED) is 0.637. The highest BCUT2D eigenvalue weighted by atomic mass is 16.5. The average Bonchev–Trinajstić information content (AvgIpc) is 2.42. The monoisotopic (exact) mass is 277 g/mol. The van der Waals surface area contributed by atoms with E-state index in [1.54, 1.807) is 0 Å². The van der Waals surface area contributed by atoms with Gasteiger partial charge in [0, 0.05) is 5.56 Å². The molecule has 1 rings (SSSR count). The maximum atomic E-state index is 12.0. The summed E-state index contributed by atoms with van der Waals surface area (Å²) in [6.45, 7) is 3.83. The number of rotatable bonds is 5. The summed E-state index contributed by atoms with van der Waals surface area (Å²) in [5.41, 5.74) is 1.42. The lowest BCUT2D eigenvalue weighted by molar-refractivity contribution is -0.142. The molecule has 0 unspecified atom stereocenters. The van der Waals surface area contributed by atoms with Crippen LogP contribution in [0.4, 0.5) is 0 Å². The highest BCUT2D eigenvalue weighted by Gasteiger charge is 2.20. The molecule has 1 amide bonds. The Morgan fingerprint density at radius 3 is 2.40 bits per heavy atom. The van der Waals surface area contributed by atoms with Crippen LogP contribution in [-0.4, -0.2) is 30.1 Å². The number of methoxy groups -OCH3 is 1. The van der Waals surface area contributed by atoms with Gasteiger partial charge in [0.1, 0.15) is 11.8 Å². The molecule has 0 aliphatic carbocycles. The number of carbonyl (C=O) groups is 2. The predicted molar refractivity (Wildman–Crippen MR) is 75.4 cm³/mol. The van der Waals surface area contributed by atoms with Gasteiger partial charge in [0.25, 0.3) is 5.91 Å². The average molecular weight is 277 g/mol. The molecule has 0 saturated carbocycles. The maximum absolute atomic E-state index is 12.0. The fourth-order valence-corrected chi connectivity index (χ4v) is 1.56. The van der Waals surface area contributed by atoms with Crippen LogP contribution in [0.5, 0.6) is 5.75 Å². The minimum absolute atomic E-state index is 0.0793. The van der Waals surface area contributed by atoms with Gasteiger partial charge in [-0.05, 0) is 44.5 Å². The van der Waals surface area contributed by atoms with Crippen molar-refractivity contribution >= 4 is 11.9 Å². The highest BCUT2D eigenvalue weighted by molar-refractivity contribution is 5.96. The molecular formula is C15H19NO4. The lowest BCUT2D eigenvalue weighted by Gasteiger charge is -2.15. The van der Waals surface area contributed by atoms with E-state index in [0.717, 1.165) is 5.57 Å². The van der Waals surface area contributed by atoms with Crippen LogP contribution in [0.25, 0.3) is 0 Å². The van der Waals surface area contributed by atoms with Crippen LogP contribution in [0, 0.1) is 0 Å². The fraction of sp³-hybridized carbons (Fsp3) is 0.333. The standard InChI is InChI=1S/C15H19NO4/c1-10(2)4-9-13(15(19)20-3)16-14(18)11-5-7-12(17)8-6-11/h4-8,13,17H,9H2,1-3H3,(H,16,18)/t13-/m1/s1. The van der Waals surface area contributed by atoms with Crippen LogP contribution in [0.3, 0.4) is 0 Å². The number of phenols is 1. The number of aromatic hydroxyl groups is 1. The van der Waals surface area contributed by atoms with Gasteiger partial charge in [-0.15, -0.1) is 0 Å². The molecule has 1 aromatic carbocycles. The van der Waals surface area contributed by atoms with E-state index in [4.69, 9.17) is 0 Å². The van der Waals surface area contributed by atoms with Gasteiger partial charge in [-0.2, -0.15) is 0 Å². The predicted octanol–water partition coefficient (Wildman–Crippen LogP) is 2.02. The van der Waals surface area contributed by atoms with Gasteiger partial charge in [-0.1, -0.05) is 11.6 Å². The second-order valence-electron chi connectivity index (χ2n) is 4.61. The molecule has 0 radical (unpaired) electrons. The van der Waals surface area contributed by atoms with Gasteiger partial charge in [0.2, 0.25) is 0 Å². The topological polar surface area (TPSA) is 75.6 Å². The first kappa shape index (κ1) is 15.8. The third kappa shape index (κ3) is 4.76. The molecule has 0 heterocycles. The molecule has 108 valence electrons. The van der Waals surface area contributed by atoms with E-state index in [0.29, 0.717) is 12.0 Å². The second-order valence-corrected chi connectivity index (χ2v) is 4.61. The van der Waals surface area contributed by atoms with Gasteiger partial charge < -0.3 is 15.2 Å². The number of carbonyl (C=O) groups excluding carboxylic acids is 2. The third-order valence-electron chi connectivity index (χ3n) is 2.68. The summed E-state index contributed by atoms with van der Waals surface area (Å²) < 4.78 is 4.68. The lowest BCUT2D eigenvalue weighted by Crippen LogP contribution is -2.41. The van der Waals surface area contributed by atoms with Crippen molar-refractivity contribution < 1.29 is 19.4 Å². The molecule has 1 atom stereocenters. The number of amides is 1. The van der Waals surface area contributed by atoms with Gasteiger partial charge in [-0.3, -0.25) is 4.79 Å². The minimum atomic E-state index is -0.726. The maximum Gasteiger partial charge on any atom is 0.328 e. The smallest absolute Gasteiger partial charge is 0.328 e. The van der Waals surface area contributed by atoms with Crippen molar-refractivity contribution in [2.45, 2.75) is 26.3 Å². The van der Waals surface area contributed by atoms with E-state index in [1.807, 2.05) is 19.9 Å². The van der Waals surface area contributed by atoms with Crippen LogP contribution >= 0.6 is 0 Å². The van der Waals surface area contributed by atoms with Crippen molar-refractivity contribution in [2.24, 2.45) is 0 Å². The number of hydrogen-bond acceptors (Lipinski definition) is 4. The number of ether oxygens (including phenoxy) is 1. The Morgan fingerprint density at radius 1 is 1.30 bits per heavy atom. The molecule has 5 heteroatoms. The Kier molecular flexibility index (Phi) is 5.77. The molecule has 0 aliphatic heterocycles. The van der Waals surface area contributed by atoms with Gasteiger partial charge in [0.15, 0.2) is 0 Å². The normalized spacial score (nSPS) is 11.3. The molecule has 0 saturated heterocycles. The van der Waals surface area contributed by atoms with Crippen LogP contribution in [0.15, 0.2) is 35.9 Å². The lowest BCUT2D eigenvalue weighted by atomic mass is 10.1.